The van der Waals surface area contributed by atoms with Gasteiger partial charge < -0.3 is 15.3 Å². The third kappa shape index (κ3) is 3.09. The van der Waals surface area contributed by atoms with E-state index in [1.54, 1.807) is 30.1 Å². The Morgan fingerprint density at radius 2 is 2.17 bits per heavy atom. The Kier molecular flexibility index (Phi) is 4.12. The van der Waals surface area contributed by atoms with E-state index in [0.717, 1.165) is 5.56 Å². The number of hydrogen-bond acceptors (Lipinski definition) is 4. The second kappa shape index (κ2) is 6.21. The minimum atomic E-state index is -0.835. The lowest BCUT2D eigenvalue weighted by molar-refractivity contribution is -0.122. The summed E-state index contributed by atoms with van der Waals surface area (Å²) in [5, 5.41) is 16.7. The fourth-order valence-electron chi connectivity index (χ4n) is 2.70. The number of nitrogens with zero attached hydrogens (tertiary/aromatic N) is 3. The largest absolute Gasteiger partial charge is 0.385 e. The molecular weight excluding hydrogens is 296 g/mol. The first kappa shape index (κ1) is 15.2. The molecule has 2 heterocycles. The molecule has 1 aliphatic heterocycles. The summed E-state index contributed by atoms with van der Waals surface area (Å²) in [5.74, 6) is -0.435. The zero-order valence-electron chi connectivity index (χ0n) is 12.8. The number of carbonyl (C=O) groups is 2. The maximum Gasteiger partial charge on any atom is 0.254 e. The highest BCUT2D eigenvalue weighted by atomic mass is 16.3. The van der Waals surface area contributed by atoms with Crippen LogP contribution in [-0.2, 0) is 18.4 Å². The molecule has 7 nitrogen and oxygen atoms in total. The molecule has 120 valence electrons. The third-order valence-corrected chi connectivity index (χ3v) is 3.92. The molecule has 0 aliphatic carbocycles. The van der Waals surface area contributed by atoms with Gasteiger partial charge in [0.05, 0.1) is 5.69 Å². The molecular formula is C16H18N4O3. The molecule has 0 bridgehead atoms. The van der Waals surface area contributed by atoms with E-state index in [9.17, 15) is 14.7 Å². The quantitative estimate of drug-likeness (QED) is 0.827. The molecule has 0 saturated heterocycles. The maximum absolute atomic E-state index is 12.2. The Labute approximate surface area is 133 Å². The molecule has 0 saturated carbocycles. The molecule has 1 aromatic carbocycles. The van der Waals surface area contributed by atoms with Gasteiger partial charge in [0.15, 0.2) is 0 Å². The predicted molar refractivity (Wildman–Crippen MR) is 82.4 cm³/mol. The summed E-state index contributed by atoms with van der Waals surface area (Å²) in [6.07, 6.45) is 0.749. The molecule has 0 spiro atoms. The Morgan fingerprint density at radius 1 is 1.39 bits per heavy atom. The van der Waals surface area contributed by atoms with Crippen LogP contribution in [0.25, 0.3) is 0 Å². The Hall–Kier alpha value is -2.67. The van der Waals surface area contributed by atoms with Crippen molar-refractivity contribution in [2.45, 2.75) is 12.6 Å². The number of rotatable bonds is 5. The summed E-state index contributed by atoms with van der Waals surface area (Å²) in [4.78, 5) is 25.7. The number of nitrogens with one attached hydrogen (secondary N) is 1. The monoisotopic (exact) mass is 314 g/mol. The Balaban J connectivity index is 1.53. The first-order valence-corrected chi connectivity index (χ1v) is 7.36. The molecule has 2 N–H and O–H groups in total. The van der Waals surface area contributed by atoms with E-state index in [1.807, 2.05) is 18.2 Å². The minimum absolute atomic E-state index is 0.0222. The van der Waals surface area contributed by atoms with Crippen LogP contribution in [-0.4, -0.2) is 44.7 Å². The average molecular weight is 314 g/mol. The van der Waals surface area contributed by atoms with Crippen LogP contribution in [0.3, 0.4) is 0 Å². The molecule has 23 heavy (non-hydrogen) atoms. The van der Waals surface area contributed by atoms with Crippen molar-refractivity contribution >= 4 is 11.8 Å². The van der Waals surface area contributed by atoms with Gasteiger partial charge >= 0.3 is 0 Å². The number of carbonyl (C=O) groups excluding carboxylic acids is 2. The van der Waals surface area contributed by atoms with Crippen molar-refractivity contribution in [2.24, 2.45) is 7.05 Å². The van der Waals surface area contributed by atoms with E-state index < -0.39 is 6.10 Å². The van der Waals surface area contributed by atoms with Crippen molar-refractivity contribution in [1.29, 1.82) is 0 Å². The number of fused-ring (bicyclic) bond motifs is 1. The third-order valence-electron chi connectivity index (χ3n) is 3.92. The smallest absolute Gasteiger partial charge is 0.254 e. The SMILES string of the molecule is Cn1nccc1C(O)CNC(=O)CN1Cc2ccccc2C1=O. The average Bonchev–Trinajstić information content (AvgIpc) is 3.10. The standard InChI is InChI=1S/C16H18N4O3/c1-19-13(6-7-18-19)14(21)8-17-15(22)10-20-9-11-4-2-3-5-12(11)16(20)23/h2-7,14,21H,8-10H2,1H3,(H,17,22). The van der Waals surface area contributed by atoms with Crippen molar-refractivity contribution in [2.75, 3.05) is 13.1 Å². The topological polar surface area (TPSA) is 87.5 Å². The molecule has 3 rings (SSSR count). The molecule has 0 radical (unpaired) electrons. The summed E-state index contributed by atoms with van der Waals surface area (Å²) in [7, 11) is 1.72. The number of aliphatic hydroxyl groups is 1. The van der Waals surface area contributed by atoms with Gasteiger partial charge in [-0.05, 0) is 17.7 Å². The van der Waals surface area contributed by atoms with E-state index in [2.05, 4.69) is 10.4 Å². The highest BCUT2D eigenvalue weighted by molar-refractivity contribution is 6.00. The fraction of sp³-hybridized carbons (Fsp3) is 0.312. The summed E-state index contributed by atoms with van der Waals surface area (Å²) in [6, 6.07) is 9.03. The lowest BCUT2D eigenvalue weighted by Gasteiger charge is -2.17. The van der Waals surface area contributed by atoms with Gasteiger partial charge in [-0.2, -0.15) is 5.10 Å². The second-order valence-corrected chi connectivity index (χ2v) is 5.52. The summed E-state index contributed by atoms with van der Waals surface area (Å²) >= 11 is 0. The number of aryl methyl sites for hydroxylation is 1. The molecule has 1 aromatic heterocycles. The molecule has 2 aromatic rings. The van der Waals surface area contributed by atoms with Crippen molar-refractivity contribution in [3.63, 3.8) is 0 Å². The molecule has 0 fully saturated rings. The van der Waals surface area contributed by atoms with Crippen molar-refractivity contribution in [1.82, 2.24) is 20.0 Å². The first-order chi connectivity index (χ1) is 11.1. The van der Waals surface area contributed by atoms with Crippen LogP contribution in [0.15, 0.2) is 36.5 Å². The van der Waals surface area contributed by atoms with Crippen LogP contribution in [0.1, 0.15) is 27.7 Å². The molecule has 2 amide bonds. The van der Waals surface area contributed by atoms with Crippen molar-refractivity contribution in [3.05, 3.63) is 53.3 Å². The van der Waals surface area contributed by atoms with E-state index >= 15 is 0 Å². The van der Waals surface area contributed by atoms with Gasteiger partial charge in [0.25, 0.3) is 5.91 Å². The minimum Gasteiger partial charge on any atom is -0.385 e. The van der Waals surface area contributed by atoms with Gasteiger partial charge in [-0.25, -0.2) is 0 Å². The van der Waals surface area contributed by atoms with E-state index in [0.29, 0.717) is 17.8 Å². The highest BCUT2D eigenvalue weighted by Gasteiger charge is 2.28. The van der Waals surface area contributed by atoms with Gasteiger partial charge in [0, 0.05) is 31.9 Å². The van der Waals surface area contributed by atoms with Gasteiger partial charge in [-0.15, -0.1) is 0 Å². The zero-order chi connectivity index (χ0) is 16.4. The van der Waals surface area contributed by atoms with Crippen molar-refractivity contribution in [3.8, 4) is 0 Å². The van der Waals surface area contributed by atoms with Crippen LogP contribution in [0, 0.1) is 0 Å². The predicted octanol–water partition coefficient (Wildman–Crippen LogP) is 0.226. The number of amides is 2. The molecule has 1 aliphatic rings. The van der Waals surface area contributed by atoms with E-state index in [-0.39, 0.29) is 24.9 Å². The van der Waals surface area contributed by atoms with E-state index in [1.165, 1.54) is 4.90 Å². The van der Waals surface area contributed by atoms with E-state index in [4.69, 9.17) is 0 Å². The van der Waals surface area contributed by atoms with Gasteiger partial charge in [-0.3, -0.25) is 14.3 Å². The van der Waals surface area contributed by atoms with Gasteiger partial charge in [0.2, 0.25) is 5.91 Å². The maximum atomic E-state index is 12.2. The number of hydrogen-bond donors (Lipinski definition) is 2. The number of benzene rings is 1. The number of aliphatic hydroxyl groups excluding tert-OH is 1. The van der Waals surface area contributed by atoms with Gasteiger partial charge in [-0.1, -0.05) is 18.2 Å². The normalized spacial score (nSPS) is 14.7. The summed E-state index contributed by atoms with van der Waals surface area (Å²) in [5.41, 5.74) is 2.20. The lowest BCUT2D eigenvalue weighted by atomic mass is 10.1. The molecule has 1 atom stereocenters. The van der Waals surface area contributed by atoms with Crippen LogP contribution < -0.4 is 5.32 Å². The first-order valence-electron chi connectivity index (χ1n) is 7.36. The highest BCUT2D eigenvalue weighted by Crippen LogP contribution is 2.21. The van der Waals surface area contributed by atoms with Crippen LogP contribution in [0.2, 0.25) is 0 Å². The molecule has 1 unspecified atom stereocenters. The van der Waals surface area contributed by atoms with Crippen LogP contribution in [0.5, 0.6) is 0 Å². The van der Waals surface area contributed by atoms with Crippen molar-refractivity contribution < 1.29 is 14.7 Å². The molecule has 7 heteroatoms. The second-order valence-electron chi connectivity index (χ2n) is 5.52. The van der Waals surface area contributed by atoms with Crippen LogP contribution in [0.4, 0.5) is 0 Å². The summed E-state index contributed by atoms with van der Waals surface area (Å²) in [6.45, 7) is 0.492. The van der Waals surface area contributed by atoms with Crippen LogP contribution >= 0.6 is 0 Å². The zero-order valence-corrected chi connectivity index (χ0v) is 12.8. The Bertz CT molecular complexity index is 740. The fourth-order valence-corrected chi connectivity index (χ4v) is 2.70. The summed E-state index contributed by atoms with van der Waals surface area (Å²) < 4.78 is 1.55. The Morgan fingerprint density at radius 3 is 2.87 bits per heavy atom. The number of aromatic nitrogens is 2. The lowest BCUT2D eigenvalue weighted by Crippen LogP contribution is -2.39. The van der Waals surface area contributed by atoms with Gasteiger partial charge in [0.1, 0.15) is 12.6 Å².